The molecular formula is C30H36N4OS. The van der Waals surface area contributed by atoms with Crippen LogP contribution in [0.4, 0.5) is 5.82 Å². The fourth-order valence-corrected chi connectivity index (χ4v) is 6.22. The van der Waals surface area contributed by atoms with E-state index in [0.717, 1.165) is 34.7 Å². The Hall–Kier alpha value is -2.88. The van der Waals surface area contributed by atoms with E-state index in [2.05, 4.69) is 53.9 Å². The van der Waals surface area contributed by atoms with Crippen molar-refractivity contribution in [3.05, 3.63) is 58.9 Å². The van der Waals surface area contributed by atoms with E-state index in [4.69, 9.17) is 15.5 Å². The highest BCUT2D eigenvalue weighted by Crippen LogP contribution is 2.37. The van der Waals surface area contributed by atoms with E-state index in [1.54, 1.807) is 11.3 Å². The summed E-state index contributed by atoms with van der Waals surface area (Å²) in [5.74, 6) is 8.52. The molecule has 3 aromatic rings. The van der Waals surface area contributed by atoms with Crippen molar-refractivity contribution in [3.8, 4) is 28.0 Å². The van der Waals surface area contributed by atoms with Gasteiger partial charge in [-0.2, -0.15) is 0 Å². The first-order valence-electron chi connectivity index (χ1n) is 13.1. The molecule has 2 aromatic heterocycles. The van der Waals surface area contributed by atoms with Crippen LogP contribution in [0.15, 0.2) is 42.7 Å². The van der Waals surface area contributed by atoms with Gasteiger partial charge in [0.2, 0.25) is 0 Å². The average molecular weight is 501 g/mol. The average Bonchev–Trinajstić information content (AvgIpc) is 3.39. The number of nitrogens with zero attached hydrogens (tertiary/aromatic N) is 3. The number of pyridine rings is 1. The Morgan fingerprint density at radius 3 is 2.72 bits per heavy atom. The lowest BCUT2D eigenvalue weighted by Gasteiger charge is -2.27. The molecule has 5 nitrogen and oxygen atoms in total. The van der Waals surface area contributed by atoms with Crippen molar-refractivity contribution in [1.29, 1.82) is 0 Å². The smallest absolute Gasteiger partial charge is 0.166 e. The number of likely N-dealkylation sites (tertiary alicyclic amines) is 1. The third-order valence-electron chi connectivity index (χ3n) is 7.54. The van der Waals surface area contributed by atoms with E-state index < -0.39 is 0 Å². The van der Waals surface area contributed by atoms with E-state index in [9.17, 15) is 0 Å². The lowest BCUT2D eigenvalue weighted by atomic mass is 9.76. The Morgan fingerprint density at radius 1 is 1.11 bits per heavy atom. The Labute approximate surface area is 219 Å². The largest absolute Gasteiger partial charge is 0.485 e. The highest BCUT2D eigenvalue weighted by Gasteiger charge is 2.24. The summed E-state index contributed by atoms with van der Waals surface area (Å²) in [7, 11) is 2.19. The van der Waals surface area contributed by atoms with Crippen LogP contribution in [0.5, 0.6) is 5.75 Å². The molecule has 2 N–H and O–H groups in total. The zero-order valence-corrected chi connectivity index (χ0v) is 22.2. The SMILES string of the molecule is CN1CCC(c2ncc(-c3cnc(N)c(OCc4cccc(C#CC5(C)CCCCC5)c4)c3)s2)CC1. The maximum absolute atomic E-state index is 6.17. The molecular weight excluding hydrogens is 464 g/mol. The maximum Gasteiger partial charge on any atom is 0.166 e. The quantitative estimate of drug-likeness (QED) is 0.405. The van der Waals surface area contributed by atoms with Crippen LogP contribution in [0.1, 0.15) is 73.9 Å². The molecule has 0 amide bonds. The normalized spacial score (nSPS) is 18.4. The van der Waals surface area contributed by atoms with Crippen molar-refractivity contribution >= 4 is 17.2 Å². The molecule has 188 valence electrons. The van der Waals surface area contributed by atoms with Crippen molar-refractivity contribution in [2.75, 3.05) is 25.9 Å². The van der Waals surface area contributed by atoms with E-state index in [1.165, 1.54) is 50.0 Å². The van der Waals surface area contributed by atoms with Crippen LogP contribution in [0, 0.1) is 17.3 Å². The molecule has 0 radical (unpaired) electrons. The Balaban J connectivity index is 1.25. The molecule has 6 heteroatoms. The summed E-state index contributed by atoms with van der Waals surface area (Å²) >= 11 is 1.76. The predicted molar refractivity (Wildman–Crippen MR) is 148 cm³/mol. The minimum absolute atomic E-state index is 0.148. The van der Waals surface area contributed by atoms with Crippen molar-refractivity contribution in [3.63, 3.8) is 0 Å². The van der Waals surface area contributed by atoms with Crippen LogP contribution >= 0.6 is 11.3 Å². The molecule has 1 aliphatic carbocycles. The molecule has 5 rings (SSSR count). The molecule has 36 heavy (non-hydrogen) atoms. The molecule has 1 aliphatic heterocycles. The summed E-state index contributed by atoms with van der Waals surface area (Å²) in [5, 5.41) is 1.22. The highest BCUT2D eigenvalue weighted by molar-refractivity contribution is 7.15. The molecule has 3 heterocycles. The molecule has 1 saturated heterocycles. The minimum Gasteiger partial charge on any atom is -0.485 e. The maximum atomic E-state index is 6.17. The number of hydrogen-bond acceptors (Lipinski definition) is 6. The molecule has 1 aromatic carbocycles. The van der Waals surface area contributed by atoms with E-state index in [-0.39, 0.29) is 5.41 Å². The standard InChI is InChI=1S/C30H36N4OS/c1-30(12-4-3-5-13-30)14-9-22-7-6-8-23(17-22)21-35-26-18-25(19-32-28(26)31)27-20-33-29(36-27)24-10-15-34(2)16-11-24/h6-8,17-20,24H,3-5,10-13,15-16,21H2,1-2H3,(H2,31,32). The Bertz CT molecular complexity index is 1240. The number of rotatable bonds is 5. The van der Waals surface area contributed by atoms with Gasteiger partial charge in [0.1, 0.15) is 6.61 Å². The number of nitrogens with two attached hydrogens (primary N) is 1. The van der Waals surface area contributed by atoms with Gasteiger partial charge in [0.05, 0.1) is 9.88 Å². The first kappa shape index (κ1) is 24.8. The van der Waals surface area contributed by atoms with Gasteiger partial charge in [-0.25, -0.2) is 9.97 Å². The van der Waals surface area contributed by atoms with E-state index >= 15 is 0 Å². The second kappa shape index (κ2) is 11.0. The van der Waals surface area contributed by atoms with Crippen molar-refractivity contribution in [2.24, 2.45) is 5.41 Å². The molecule has 2 aliphatic rings. The molecule has 0 unspecified atom stereocenters. The molecule has 0 spiro atoms. The molecule has 0 bridgehead atoms. The summed E-state index contributed by atoms with van der Waals surface area (Å²) in [4.78, 5) is 12.6. The summed E-state index contributed by atoms with van der Waals surface area (Å²) < 4.78 is 6.13. The number of piperidine rings is 1. The number of hydrogen-bond donors (Lipinski definition) is 1. The summed E-state index contributed by atoms with van der Waals surface area (Å²) in [5.41, 5.74) is 9.42. The number of anilines is 1. The van der Waals surface area contributed by atoms with Gasteiger partial charge in [0.25, 0.3) is 0 Å². The van der Waals surface area contributed by atoms with E-state index in [1.807, 2.05) is 24.5 Å². The van der Waals surface area contributed by atoms with Gasteiger partial charge >= 0.3 is 0 Å². The van der Waals surface area contributed by atoms with Gasteiger partial charge < -0.3 is 15.4 Å². The number of aromatic nitrogens is 2. The van der Waals surface area contributed by atoms with Crippen molar-refractivity contribution in [2.45, 2.75) is 64.4 Å². The summed E-state index contributed by atoms with van der Waals surface area (Å²) in [6.07, 6.45) is 12.4. The number of ether oxygens (including phenoxy) is 1. The third-order valence-corrected chi connectivity index (χ3v) is 8.75. The number of benzene rings is 1. The van der Waals surface area contributed by atoms with Crippen LogP contribution in [-0.4, -0.2) is 35.0 Å². The number of thiazole rings is 1. The fraction of sp³-hybridized carbons (Fsp3) is 0.467. The van der Waals surface area contributed by atoms with Gasteiger partial charge in [-0.3, -0.25) is 0 Å². The van der Waals surface area contributed by atoms with Crippen LogP contribution < -0.4 is 10.5 Å². The van der Waals surface area contributed by atoms with Gasteiger partial charge in [-0.15, -0.1) is 11.3 Å². The fourth-order valence-electron chi connectivity index (χ4n) is 5.15. The first-order chi connectivity index (χ1) is 17.5. The number of nitrogen functional groups attached to an aromatic ring is 1. The van der Waals surface area contributed by atoms with Crippen molar-refractivity contribution < 1.29 is 4.74 Å². The zero-order valence-electron chi connectivity index (χ0n) is 21.4. The van der Waals surface area contributed by atoms with Crippen LogP contribution in [0.2, 0.25) is 0 Å². The second-order valence-corrected chi connectivity index (χ2v) is 11.7. The zero-order chi connectivity index (χ0) is 25.0. The van der Waals surface area contributed by atoms with Crippen LogP contribution in [0.25, 0.3) is 10.4 Å². The van der Waals surface area contributed by atoms with Gasteiger partial charge in [0.15, 0.2) is 11.6 Å². The molecule has 0 atom stereocenters. The Morgan fingerprint density at radius 2 is 1.92 bits per heavy atom. The first-order valence-corrected chi connectivity index (χ1v) is 13.9. The van der Waals surface area contributed by atoms with Crippen molar-refractivity contribution in [1.82, 2.24) is 14.9 Å². The Kier molecular flexibility index (Phi) is 7.59. The highest BCUT2D eigenvalue weighted by atomic mass is 32.1. The lowest BCUT2D eigenvalue weighted by molar-refractivity contribution is 0.255. The second-order valence-electron chi connectivity index (χ2n) is 10.6. The van der Waals surface area contributed by atoms with Gasteiger partial charge in [-0.1, -0.05) is 43.2 Å². The predicted octanol–water partition coefficient (Wildman–Crippen LogP) is 6.50. The van der Waals surface area contributed by atoms with Gasteiger partial charge in [-0.05, 0) is 76.5 Å². The third kappa shape index (κ3) is 6.08. The minimum atomic E-state index is 0.148. The van der Waals surface area contributed by atoms with E-state index in [0.29, 0.717) is 24.1 Å². The lowest BCUT2D eigenvalue weighted by Crippen LogP contribution is -2.29. The molecule has 2 fully saturated rings. The van der Waals surface area contributed by atoms with Crippen LogP contribution in [-0.2, 0) is 6.61 Å². The van der Waals surface area contributed by atoms with Gasteiger partial charge in [0, 0.05) is 34.9 Å². The van der Waals surface area contributed by atoms with Crippen LogP contribution in [0.3, 0.4) is 0 Å². The monoisotopic (exact) mass is 500 g/mol. The topological polar surface area (TPSA) is 64.3 Å². The summed E-state index contributed by atoms with van der Waals surface area (Å²) in [6.45, 7) is 4.99. The summed E-state index contributed by atoms with van der Waals surface area (Å²) in [6, 6.07) is 10.3. The molecule has 1 saturated carbocycles.